The Balaban J connectivity index is 3.37. The lowest BCUT2D eigenvalue weighted by molar-refractivity contribution is 0.465. The molecule has 0 aromatic carbocycles. The number of aromatic nitrogens is 2. The van der Waals surface area contributed by atoms with Crippen LogP contribution in [0.4, 0.5) is 11.6 Å². The summed E-state index contributed by atoms with van der Waals surface area (Å²) in [7, 11) is 4.02. The summed E-state index contributed by atoms with van der Waals surface area (Å²) in [6.45, 7) is 13.0. The van der Waals surface area contributed by atoms with E-state index < -0.39 is 0 Å². The van der Waals surface area contributed by atoms with Gasteiger partial charge in [-0.1, -0.05) is 20.8 Å². The molecule has 1 rings (SSSR count). The van der Waals surface area contributed by atoms with Gasteiger partial charge in [0.15, 0.2) is 0 Å². The van der Waals surface area contributed by atoms with Gasteiger partial charge >= 0.3 is 0 Å². The summed E-state index contributed by atoms with van der Waals surface area (Å²) >= 11 is 0. The molecule has 0 radical (unpaired) electrons. The fraction of sp³-hybridized carbons (Fsp3) is 0.733. The van der Waals surface area contributed by atoms with Crippen LogP contribution in [-0.2, 0) is 0 Å². The van der Waals surface area contributed by atoms with Gasteiger partial charge in [0.25, 0.3) is 0 Å². The van der Waals surface area contributed by atoms with Gasteiger partial charge in [-0.2, -0.15) is 0 Å². The molecule has 108 valence electrons. The Bertz CT molecular complexity index is 438. The Morgan fingerprint density at radius 3 is 2.26 bits per heavy atom. The summed E-state index contributed by atoms with van der Waals surface area (Å²) in [5.41, 5.74) is 1.19. The SMILES string of the molecule is CCC(C)(C)N(C)c1nc(C(C)C)nc(NC)c1C. The minimum atomic E-state index is 0.0817. The standard InChI is InChI=1S/C15H28N4/c1-9-15(5,6)19(8)14-11(4)13(16-7)17-12(18-14)10(2)3/h10H,9H2,1-8H3,(H,16,17,18). The van der Waals surface area contributed by atoms with Crippen molar-refractivity contribution in [3.63, 3.8) is 0 Å². The second kappa shape index (κ2) is 5.76. The molecule has 1 aromatic rings. The van der Waals surface area contributed by atoms with Gasteiger partial charge in [0.2, 0.25) is 0 Å². The van der Waals surface area contributed by atoms with Crippen LogP contribution in [0.15, 0.2) is 0 Å². The molecule has 1 heterocycles. The third kappa shape index (κ3) is 3.17. The number of anilines is 2. The molecular formula is C15H28N4. The first-order valence-corrected chi connectivity index (χ1v) is 7.04. The second-order valence-corrected chi connectivity index (χ2v) is 6.01. The smallest absolute Gasteiger partial charge is 0.137 e. The van der Waals surface area contributed by atoms with E-state index in [-0.39, 0.29) is 5.54 Å². The summed E-state index contributed by atoms with van der Waals surface area (Å²) in [5.74, 6) is 3.16. The molecule has 4 heteroatoms. The molecule has 0 amide bonds. The van der Waals surface area contributed by atoms with E-state index in [1.165, 1.54) is 0 Å². The molecule has 0 unspecified atom stereocenters. The van der Waals surface area contributed by atoms with Gasteiger partial charge in [0.1, 0.15) is 17.5 Å². The third-order valence-corrected chi connectivity index (χ3v) is 3.98. The van der Waals surface area contributed by atoms with Gasteiger partial charge < -0.3 is 10.2 Å². The first-order valence-electron chi connectivity index (χ1n) is 7.04. The van der Waals surface area contributed by atoms with Gasteiger partial charge in [0, 0.05) is 31.1 Å². The highest BCUT2D eigenvalue weighted by Gasteiger charge is 2.25. The van der Waals surface area contributed by atoms with Crippen molar-refractivity contribution < 1.29 is 0 Å². The van der Waals surface area contributed by atoms with Crippen LogP contribution < -0.4 is 10.2 Å². The maximum atomic E-state index is 4.77. The number of hydrogen-bond donors (Lipinski definition) is 1. The van der Waals surface area contributed by atoms with Crippen LogP contribution in [0.25, 0.3) is 0 Å². The zero-order valence-corrected chi connectivity index (χ0v) is 13.6. The van der Waals surface area contributed by atoms with Crippen LogP contribution in [0.3, 0.4) is 0 Å². The maximum absolute atomic E-state index is 4.77. The van der Waals surface area contributed by atoms with Crippen LogP contribution in [0.2, 0.25) is 0 Å². The van der Waals surface area contributed by atoms with Crippen molar-refractivity contribution in [3.8, 4) is 0 Å². The molecule has 0 aliphatic heterocycles. The van der Waals surface area contributed by atoms with Crippen molar-refractivity contribution >= 4 is 11.6 Å². The van der Waals surface area contributed by atoms with Crippen LogP contribution in [-0.4, -0.2) is 29.6 Å². The molecule has 0 fully saturated rings. The van der Waals surface area contributed by atoms with E-state index in [1.54, 1.807) is 0 Å². The van der Waals surface area contributed by atoms with Gasteiger partial charge in [-0.15, -0.1) is 0 Å². The van der Waals surface area contributed by atoms with E-state index in [1.807, 2.05) is 7.05 Å². The normalized spacial score (nSPS) is 11.8. The summed E-state index contributed by atoms with van der Waals surface area (Å²) < 4.78 is 0. The summed E-state index contributed by atoms with van der Waals surface area (Å²) in [5, 5.41) is 3.18. The molecular weight excluding hydrogens is 236 g/mol. The average molecular weight is 264 g/mol. The third-order valence-electron chi connectivity index (χ3n) is 3.98. The van der Waals surface area contributed by atoms with E-state index in [0.29, 0.717) is 5.92 Å². The Kier molecular flexibility index (Phi) is 4.77. The first kappa shape index (κ1) is 15.7. The molecule has 0 aliphatic carbocycles. The van der Waals surface area contributed by atoms with Crippen LogP contribution in [0.1, 0.15) is 58.3 Å². The predicted molar refractivity (Wildman–Crippen MR) is 83.2 cm³/mol. The second-order valence-electron chi connectivity index (χ2n) is 6.01. The summed E-state index contributed by atoms with van der Waals surface area (Å²) in [4.78, 5) is 11.6. The minimum absolute atomic E-state index is 0.0817. The van der Waals surface area contributed by atoms with Crippen LogP contribution >= 0.6 is 0 Å². The minimum Gasteiger partial charge on any atom is -0.373 e. The van der Waals surface area contributed by atoms with E-state index in [0.717, 1.165) is 29.4 Å². The van der Waals surface area contributed by atoms with Gasteiger partial charge in [-0.05, 0) is 27.2 Å². The highest BCUT2D eigenvalue weighted by atomic mass is 15.2. The van der Waals surface area contributed by atoms with Crippen molar-refractivity contribution in [2.75, 3.05) is 24.3 Å². The van der Waals surface area contributed by atoms with Crippen LogP contribution in [0, 0.1) is 6.92 Å². The quantitative estimate of drug-likeness (QED) is 0.882. The monoisotopic (exact) mass is 264 g/mol. The lowest BCUT2D eigenvalue weighted by atomic mass is 9.99. The van der Waals surface area contributed by atoms with Crippen molar-refractivity contribution in [3.05, 3.63) is 11.4 Å². The molecule has 0 atom stereocenters. The highest BCUT2D eigenvalue weighted by molar-refractivity contribution is 5.59. The molecule has 0 aliphatic rings. The zero-order chi connectivity index (χ0) is 14.8. The van der Waals surface area contributed by atoms with E-state index in [9.17, 15) is 0 Å². The maximum Gasteiger partial charge on any atom is 0.137 e. The average Bonchev–Trinajstić information content (AvgIpc) is 2.37. The van der Waals surface area contributed by atoms with Crippen molar-refractivity contribution in [2.45, 2.75) is 59.4 Å². The molecule has 0 saturated carbocycles. The number of nitrogens with one attached hydrogen (secondary N) is 1. The fourth-order valence-electron chi connectivity index (χ4n) is 1.87. The van der Waals surface area contributed by atoms with Crippen molar-refractivity contribution in [1.82, 2.24) is 9.97 Å². The van der Waals surface area contributed by atoms with E-state index >= 15 is 0 Å². The molecule has 4 nitrogen and oxygen atoms in total. The Hall–Kier alpha value is -1.32. The lowest BCUT2D eigenvalue weighted by Gasteiger charge is -2.37. The van der Waals surface area contributed by atoms with Gasteiger partial charge in [-0.3, -0.25) is 0 Å². The molecule has 0 saturated heterocycles. The molecule has 0 bridgehead atoms. The largest absolute Gasteiger partial charge is 0.373 e. The Morgan fingerprint density at radius 2 is 1.84 bits per heavy atom. The summed E-state index contributed by atoms with van der Waals surface area (Å²) in [6, 6.07) is 0. The van der Waals surface area contributed by atoms with E-state index in [2.05, 4.69) is 63.8 Å². The predicted octanol–water partition coefficient (Wildman–Crippen LogP) is 3.57. The molecule has 1 N–H and O–H groups in total. The van der Waals surface area contributed by atoms with Crippen molar-refractivity contribution in [2.24, 2.45) is 0 Å². The molecule has 1 aromatic heterocycles. The number of rotatable bonds is 5. The number of hydrogen-bond acceptors (Lipinski definition) is 4. The fourth-order valence-corrected chi connectivity index (χ4v) is 1.87. The topological polar surface area (TPSA) is 41.1 Å². The summed E-state index contributed by atoms with van der Waals surface area (Å²) in [6.07, 6.45) is 1.07. The van der Waals surface area contributed by atoms with E-state index in [4.69, 9.17) is 4.98 Å². The van der Waals surface area contributed by atoms with Gasteiger partial charge in [-0.25, -0.2) is 9.97 Å². The molecule has 0 spiro atoms. The Morgan fingerprint density at radius 1 is 1.26 bits per heavy atom. The van der Waals surface area contributed by atoms with Crippen molar-refractivity contribution in [1.29, 1.82) is 0 Å². The number of nitrogens with zero attached hydrogens (tertiary/aromatic N) is 3. The Labute approximate surface area is 117 Å². The van der Waals surface area contributed by atoms with Gasteiger partial charge in [0.05, 0.1) is 0 Å². The lowest BCUT2D eigenvalue weighted by Crippen LogP contribution is -2.41. The van der Waals surface area contributed by atoms with Crippen LogP contribution in [0.5, 0.6) is 0 Å². The highest BCUT2D eigenvalue weighted by Crippen LogP contribution is 2.30. The first-order chi connectivity index (χ1) is 8.74. The zero-order valence-electron chi connectivity index (χ0n) is 13.6. The molecule has 19 heavy (non-hydrogen) atoms.